The van der Waals surface area contributed by atoms with Gasteiger partial charge in [-0.3, -0.25) is 0 Å². The van der Waals surface area contributed by atoms with E-state index >= 15 is 0 Å². The molecular formula is C31H33P. The van der Waals surface area contributed by atoms with Gasteiger partial charge in [0.1, 0.15) is 0 Å². The number of benzene rings is 3. The van der Waals surface area contributed by atoms with Crippen LogP contribution in [0, 0.1) is 0 Å². The Morgan fingerprint density at radius 1 is 0.656 bits per heavy atom. The first-order chi connectivity index (χ1) is 15.5. The van der Waals surface area contributed by atoms with Gasteiger partial charge < -0.3 is 0 Å². The molecule has 0 fully saturated rings. The van der Waals surface area contributed by atoms with Gasteiger partial charge in [-0.05, 0) is 56.9 Å². The van der Waals surface area contributed by atoms with Crippen molar-refractivity contribution in [3.05, 3.63) is 106 Å². The third-order valence-corrected chi connectivity index (χ3v) is 10.3. The van der Waals surface area contributed by atoms with Crippen LogP contribution in [0.3, 0.4) is 0 Å². The van der Waals surface area contributed by atoms with Gasteiger partial charge in [0.25, 0.3) is 0 Å². The lowest BCUT2D eigenvalue weighted by Crippen LogP contribution is -2.16. The zero-order chi connectivity index (χ0) is 22.4. The van der Waals surface area contributed by atoms with Crippen LogP contribution in [0.4, 0.5) is 0 Å². The van der Waals surface area contributed by atoms with E-state index in [9.17, 15) is 0 Å². The van der Waals surface area contributed by atoms with Gasteiger partial charge in [-0.15, -0.1) is 0 Å². The lowest BCUT2D eigenvalue weighted by atomic mass is 9.78. The van der Waals surface area contributed by atoms with Crippen LogP contribution in [0.1, 0.15) is 68.7 Å². The Kier molecular flexibility index (Phi) is 5.68. The van der Waals surface area contributed by atoms with Crippen molar-refractivity contribution in [1.29, 1.82) is 0 Å². The van der Waals surface area contributed by atoms with Gasteiger partial charge in [0, 0.05) is 11.8 Å². The molecule has 0 radical (unpaired) electrons. The molecule has 162 valence electrons. The molecular weight excluding hydrogens is 403 g/mol. The van der Waals surface area contributed by atoms with Crippen molar-refractivity contribution < 1.29 is 0 Å². The second-order valence-electron chi connectivity index (χ2n) is 9.81. The summed E-state index contributed by atoms with van der Waals surface area (Å²) in [6, 6.07) is 26.9. The first kappa shape index (κ1) is 21.4. The Bertz CT molecular complexity index is 1190. The number of hydrogen-bond donors (Lipinski definition) is 0. The summed E-state index contributed by atoms with van der Waals surface area (Å²) in [5.41, 5.74) is 11.4. The molecule has 0 spiro atoms. The van der Waals surface area contributed by atoms with E-state index in [0.29, 0.717) is 23.2 Å². The van der Waals surface area contributed by atoms with Crippen molar-refractivity contribution in [2.45, 2.75) is 57.8 Å². The summed E-state index contributed by atoms with van der Waals surface area (Å²) in [6.07, 6.45) is 5.00. The molecule has 2 unspecified atom stereocenters. The minimum Gasteiger partial charge on any atom is -0.0738 e. The average molecular weight is 437 g/mol. The number of allylic oxidation sites excluding steroid dienone is 2. The van der Waals surface area contributed by atoms with Crippen molar-refractivity contribution in [3.8, 4) is 11.1 Å². The minimum absolute atomic E-state index is 0.220. The molecule has 0 nitrogen and oxygen atoms in total. The molecule has 3 aromatic carbocycles. The molecule has 0 N–H and O–H groups in total. The molecule has 2 aliphatic rings. The highest BCUT2D eigenvalue weighted by molar-refractivity contribution is 7.63. The molecule has 2 aliphatic carbocycles. The van der Waals surface area contributed by atoms with E-state index in [2.05, 4.69) is 120 Å². The van der Waals surface area contributed by atoms with E-state index < -0.39 is 0 Å². The monoisotopic (exact) mass is 436 g/mol. The van der Waals surface area contributed by atoms with Crippen LogP contribution in [-0.2, 0) is 0 Å². The third kappa shape index (κ3) is 3.50. The molecule has 32 heavy (non-hydrogen) atoms. The molecule has 0 saturated carbocycles. The van der Waals surface area contributed by atoms with Gasteiger partial charge in [-0.1, -0.05) is 126 Å². The van der Waals surface area contributed by atoms with E-state index in [-0.39, 0.29) is 7.92 Å². The van der Waals surface area contributed by atoms with Crippen LogP contribution < -0.4 is 0 Å². The molecule has 2 atom stereocenters. The fourth-order valence-electron chi connectivity index (χ4n) is 6.03. The smallest absolute Gasteiger partial charge is 0.0207 e. The van der Waals surface area contributed by atoms with Crippen molar-refractivity contribution in [3.63, 3.8) is 0 Å². The van der Waals surface area contributed by atoms with E-state index in [1.165, 1.54) is 39.0 Å². The summed E-state index contributed by atoms with van der Waals surface area (Å²) in [7, 11) is -0.220. The summed E-state index contributed by atoms with van der Waals surface area (Å²) in [4.78, 5) is 0. The van der Waals surface area contributed by atoms with E-state index in [4.69, 9.17) is 0 Å². The fraction of sp³-hybridized carbons (Fsp3) is 0.290. The first-order valence-corrected chi connectivity index (χ1v) is 13.4. The maximum absolute atomic E-state index is 2.56. The van der Waals surface area contributed by atoms with Crippen molar-refractivity contribution in [2.24, 2.45) is 0 Å². The maximum Gasteiger partial charge on any atom is 0.0207 e. The van der Waals surface area contributed by atoms with E-state index in [0.717, 1.165) is 0 Å². The van der Waals surface area contributed by atoms with Gasteiger partial charge in [0.15, 0.2) is 0 Å². The van der Waals surface area contributed by atoms with Crippen LogP contribution in [-0.4, -0.2) is 11.3 Å². The molecule has 0 amide bonds. The van der Waals surface area contributed by atoms with Gasteiger partial charge >= 0.3 is 0 Å². The van der Waals surface area contributed by atoms with Crippen molar-refractivity contribution >= 4 is 20.1 Å². The summed E-state index contributed by atoms with van der Waals surface area (Å²) in [5.74, 6) is 0.836. The highest BCUT2D eigenvalue weighted by Crippen LogP contribution is 2.66. The number of fused-ring (bicyclic) bond motifs is 2. The molecule has 0 bridgehead atoms. The molecule has 3 aromatic rings. The fourth-order valence-corrected chi connectivity index (χ4v) is 9.31. The topological polar surface area (TPSA) is 0 Å². The SMILES string of the molecule is CC1=Cc2cccc(-c3ccccc3)c2C1C1C(P(C(C)C)C(C)C)=Cc2ccccc21. The van der Waals surface area contributed by atoms with Crippen LogP contribution in [0.2, 0.25) is 0 Å². The largest absolute Gasteiger partial charge is 0.0738 e. The van der Waals surface area contributed by atoms with E-state index in [1.807, 2.05) is 0 Å². The molecule has 5 rings (SSSR count). The number of hydrogen-bond acceptors (Lipinski definition) is 0. The average Bonchev–Trinajstić information content (AvgIpc) is 3.30. The van der Waals surface area contributed by atoms with Crippen LogP contribution in [0.25, 0.3) is 23.3 Å². The number of rotatable bonds is 5. The minimum atomic E-state index is -0.220. The second kappa shape index (κ2) is 8.49. The lowest BCUT2D eigenvalue weighted by Gasteiger charge is -2.35. The van der Waals surface area contributed by atoms with Crippen LogP contribution in [0.5, 0.6) is 0 Å². The van der Waals surface area contributed by atoms with Gasteiger partial charge in [-0.2, -0.15) is 0 Å². The predicted molar refractivity (Wildman–Crippen MR) is 143 cm³/mol. The quantitative estimate of drug-likeness (QED) is 0.350. The zero-order valence-corrected chi connectivity index (χ0v) is 20.7. The zero-order valence-electron chi connectivity index (χ0n) is 19.8. The summed E-state index contributed by atoms with van der Waals surface area (Å²) in [5, 5.41) is 1.69. The normalized spacial score (nSPS) is 19.4. The lowest BCUT2D eigenvalue weighted by molar-refractivity contribution is 0.712. The van der Waals surface area contributed by atoms with Gasteiger partial charge in [0.2, 0.25) is 0 Å². The second-order valence-corrected chi connectivity index (χ2v) is 13.2. The Hall–Kier alpha value is -2.43. The highest BCUT2D eigenvalue weighted by Gasteiger charge is 2.41. The van der Waals surface area contributed by atoms with Crippen molar-refractivity contribution in [1.82, 2.24) is 0 Å². The first-order valence-electron chi connectivity index (χ1n) is 11.9. The van der Waals surface area contributed by atoms with Crippen molar-refractivity contribution in [2.75, 3.05) is 0 Å². The summed E-state index contributed by atoms with van der Waals surface area (Å²) in [6.45, 7) is 12.0. The Morgan fingerprint density at radius 2 is 1.31 bits per heavy atom. The van der Waals surface area contributed by atoms with E-state index in [1.54, 1.807) is 5.31 Å². The summed E-state index contributed by atoms with van der Waals surface area (Å²) >= 11 is 0. The molecule has 1 heteroatoms. The molecule has 0 saturated heterocycles. The standard InChI is InChI=1S/C31H33P/c1-20(2)32(21(3)4)28-19-24-14-9-10-16-27(24)31(28)29-22(5)18-25-15-11-17-26(30(25)29)23-12-7-6-8-13-23/h6-21,29,31H,1-5H3. The molecule has 0 aromatic heterocycles. The van der Waals surface area contributed by atoms with Gasteiger partial charge in [-0.25, -0.2) is 0 Å². The highest BCUT2D eigenvalue weighted by atomic mass is 31.1. The molecule has 0 aliphatic heterocycles. The predicted octanol–water partition coefficient (Wildman–Crippen LogP) is 9.29. The maximum atomic E-state index is 2.56. The third-order valence-electron chi connectivity index (χ3n) is 7.11. The van der Waals surface area contributed by atoms with Crippen LogP contribution in [0.15, 0.2) is 83.7 Å². The Balaban J connectivity index is 1.71. The summed E-state index contributed by atoms with van der Waals surface area (Å²) < 4.78 is 0. The molecule has 0 heterocycles. The van der Waals surface area contributed by atoms with Gasteiger partial charge in [0.05, 0.1) is 0 Å². The van der Waals surface area contributed by atoms with Crippen LogP contribution >= 0.6 is 7.92 Å². The Labute approximate surface area is 194 Å². The Morgan fingerprint density at radius 3 is 2.03 bits per heavy atom.